The van der Waals surface area contributed by atoms with E-state index in [1.807, 2.05) is 0 Å². The standard InChI is InChI=1S/C13H13N3O2S2/c1-9-7-11(4-5-12(9)13(14)19)20(17,18)16-10-3-2-6-15-8-10/h2-8,16H,1H3,(H2,14,19). The molecular weight excluding hydrogens is 294 g/mol. The van der Waals surface area contributed by atoms with Gasteiger partial charge in [-0.2, -0.15) is 0 Å². The van der Waals surface area contributed by atoms with E-state index in [4.69, 9.17) is 18.0 Å². The van der Waals surface area contributed by atoms with Gasteiger partial charge in [0.2, 0.25) is 0 Å². The van der Waals surface area contributed by atoms with Gasteiger partial charge in [0.05, 0.1) is 16.8 Å². The van der Waals surface area contributed by atoms with E-state index in [-0.39, 0.29) is 9.88 Å². The van der Waals surface area contributed by atoms with Crippen molar-refractivity contribution in [2.45, 2.75) is 11.8 Å². The molecule has 0 bridgehead atoms. The number of anilines is 1. The summed E-state index contributed by atoms with van der Waals surface area (Å²) in [7, 11) is -3.65. The van der Waals surface area contributed by atoms with E-state index in [2.05, 4.69) is 9.71 Å². The van der Waals surface area contributed by atoms with E-state index in [1.165, 1.54) is 18.3 Å². The Morgan fingerprint density at radius 1 is 1.35 bits per heavy atom. The zero-order valence-electron chi connectivity index (χ0n) is 10.7. The second-order valence-corrected chi connectivity index (χ2v) is 6.31. The Morgan fingerprint density at radius 2 is 2.10 bits per heavy atom. The summed E-state index contributed by atoms with van der Waals surface area (Å²) >= 11 is 4.90. The molecule has 20 heavy (non-hydrogen) atoms. The molecule has 0 spiro atoms. The molecule has 0 aliphatic heterocycles. The Bertz CT molecular complexity index is 743. The van der Waals surface area contributed by atoms with Crippen LogP contribution in [0.4, 0.5) is 5.69 Å². The summed E-state index contributed by atoms with van der Waals surface area (Å²) < 4.78 is 26.9. The summed E-state index contributed by atoms with van der Waals surface area (Å²) in [6, 6.07) is 7.89. The van der Waals surface area contributed by atoms with E-state index in [9.17, 15) is 8.42 Å². The third-order valence-corrected chi connectivity index (χ3v) is 4.29. The fourth-order valence-corrected chi connectivity index (χ4v) is 3.07. The van der Waals surface area contributed by atoms with Crippen molar-refractivity contribution >= 4 is 32.9 Å². The third kappa shape index (κ3) is 3.12. The van der Waals surface area contributed by atoms with Gasteiger partial charge in [-0.15, -0.1) is 0 Å². The predicted molar refractivity (Wildman–Crippen MR) is 82.1 cm³/mol. The first-order chi connectivity index (χ1) is 9.40. The minimum Gasteiger partial charge on any atom is -0.389 e. The predicted octanol–water partition coefficient (Wildman–Crippen LogP) is 1.83. The quantitative estimate of drug-likeness (QED) is 0.842. The van der Waals surface area contributed by atoms with E-state index in [1.54, 1.807) is 31.3 Å². The average Bonchev–Trinajstić information content (AvgIpc) is 2.38. The van der Waals surface area contributed by atoms with Gasteiger partial charge in [0.25, 0.3) is 10.0 Å². The minimum atomic E-state index is -3.65. The number of nitrogens with two attached hydrogens (primary N) is 1. The maximum absolute atomic E-state index is 12.2. The van der Waals surface area contributed by atoms with Gasteiger partial charge in [-0.1, -0.05) is 18.3 Å². The van der Waals surface area contributed by atoms with Gasteiger partial charge in [0.1, 0.15) is 4.99 Å². The summed E-state index contributed by atoms with van der Waals surface area (Å²) in [5, 5.41) is 0. The molecule has 0 aliphatic carbocycles. The Kier molecular flexibility index (Phi) is 4.01. The van der Waals surface area contributed by atoms with Gasteiger partial charge in [-0.25, -0.2) is 8.42 Å². The normalized spacial score (nSPS) is 11.1. The van der Waals surface area contributed by atoms with E-state index < -0.39 is 10.0 Å². The van der Waals surface area contributed by atoms with Crippen LogP contribution in [0.5, 0.6) is 0 Å². The number of hydrogen-bond acceptors (Lipinski definition) is 4. The Morgan fingerprint density at radius 3 is 2.65 bits per heavy atom. The maximum Gasteiger partial charge on any atom is 0.261 e. The topological polar surface area (TPSA) is 85.1 Å². The number of aryl methyl sites for hydroxylation is 1. The molecule has 104 valence electrons. The molecule has 0 saturated heterocycles. The molecule has 0 saturated carbocycles. The Labute approximate surface area is 122 Å². The van der Waals surface area contributed by atoms with Gasteiger partial charge >= 0.3 is 0 Å². The highest BCUT2D eigenvalue weighted by Gasteiger charge is 2.15. The van der Waals surface area contributed by atoms with Crippen molar-refractivity contribution in [1.29, 1.82) is 0 Å². The number of pyridine rings is 1. The van der Waals surface area contributed by atoms with E-state index >= 15 is 0 Å². The first-order valence-electron chi connectivity index (χ1n) is 5.73. The molecule has 0 amide bonds. The Balaban J connectivity index is 2.35. The zero-order chi connectivity index (χ0) is 14.8. The molecule has 5 nitrogen and oxygen atoms in total. The van der Waals surface area contributed by atoms with Crippen LogP contribution in [0.25, 0.3) is 0 Å². The number of hydrogen-bond donors (Lipinski definition) is 2. The molecule has 0 radical (unpaired) electrons. The molecule has 2 rings (SSSR count). The van der Waals surface area contributed by atoms with E-state index in [0.717, 1.165) is 0 Å². The fourth-order valence-electron chi connectivity index (χ4n) is 1.72. The second kappa shape index (κ2) is 5.56. The van der Waals surface area contributed by atoms with E-state index in [0.29, 0.717) is 16.8 Å². The zero-order valence-corrected chi connectivity index (χ0v) is 12.3. The molecule has 1 aromatic heterocycles. The highest BCUT2D eigenvalue weighted by molar-refractivity contribution is 7.92. The number of sulfonamides is 1. The highest BCUT2D eigenvalue weighted by atomic mass is 32.2. The second-order valence-electron chi connectivity index (χ2n) is 4.19. The molecule has 0 unspecified atom stereocenters. The number of nitrogens with zero attached hydrogens (tertiary/aromatic N) is 1. The first-order valence-corrected chi connectivity index (χ1v) is 7.62. The minimum absolute atomic E-state index is 0.152. The molecule has 1 heterocycles. The van der Waals surface area contributed by atoms with Gasteiger partial charge in [0.15, 0.2) is 0 Å². The van der Waals surface area contributed by atoms with Crippen molar-refractivity contribution in [3.05, 3.63) is 53.9 Å². The molecule has 0 aliphatic rings. The lowest BCUT2D eigenvalue weighted by Gasteiger charge is -2.10. The van der Waals surface area contributed by atoms with Crippen LogP contribution < -0.4 is 10.5 Å². The van der Waals surface area contributed by atoms with Crippen LogP contribution in [0.2, 0.25) is 0 Å². The highest BCUT2D eigenvalue weighted by Crippen LogP contribution is 2.18. The van der Waals surface area contributed by atoms with Gasteiger partial charge < -0.3 is 5.73 Å². The molecule has 7 heteroatoms. The van der Waals surface area contributed by atoms with Gasteiger partial charge in [0, 0.05) is 11.8 Å². The van der Waals surface area contributed by atoms with Crippen molar-refractivity contribution < 1.29 is 8.42 Å². The summed E-state index contributed by atoms with van der Waals surface area (Å²) in [6.45, 7) is 1.76. The first kappa shape index (κ1) is 14.4. The third-order valence-electron chi connectivity index (χ3n) is 2.69. The summed E-state index contributed by atoms with van der Waals surface area (Å²) in [6.07, 6.45) is 3.01. The lowest BCUT2D eigenvalue weighted by atomic mass is 10.1. The average molecular weight is 307 g/mol. The Hall–Kier alpha value is -1.99. The van der Waals surface area contributed by atoms with Crippen LogP contribution in [0.3, 0.4) is 0 Å². The monoisotopic (exact) mass is 307 g/mol. The lowest BCUT2D eigenvalue weighted by molar-refractivity contribution is 0.601. The van der Waals surface area contributed by atoms with Crippen LogP contribution >= 0.6 is 12.2 Å². The number of thiocarbonyl (C=S) groups is 1. The van der Waals surface area contributed by atoms with Crippen molar-refractivity contribution in [3.8, 4) is 0 Å². The van der Waals surface area contributed by atoms with Crippen LogP contribution in [-0.4, -0.2) is 18.4 Å². The van der Waals surface area contributed by atoms with Crippen LogP contribution in [-0.2, 0) is 10.0 Å². The summed E-state index contributed by atoms with van der Waals surface area (Å²) in [5.74, 6) is 0. The van der Waals surface area contributed by atoms with Crippen LogP contribution in [0.1, 0.15) is 11.1 Å². The van der Waals surface area contributed by atoms with Crippen LogP contribution in [0, 0.1) is 6.92 Å². The molecule has 3 N–H and O–H groups in total. The molecule has 0 atom stereocenters. The van der Waals surface area contributed by atoms with Crippen LogP contribution in [0.15, 0.2) is 47.6 Å². The smallest absolute Gasteiger partial charge is 0.261 e. The SMILES string of the molecule is Cc1cc(S(=O)(=O)Nc2cccnc2)ccc1C(N)=S. The molecule has 2 aromatic rings. The fraction of sp³-hybridized carbons (Fsp3) is 0.0769. The summed E-state index contributed by atoms with van der Waals surface area (Å²) in [4.78, 5) is 4.25. The number of benzene rings is 1. The maximum atomic E-state index is 12.2. The lowest BCUT2D eigenvalue weighted by Crippen LogP contribution is -2.15. The van der Waals surface area contributed by atoms with Crippen molar-refractivity contribution in [3.63, 3.8) is 0 Å². The van der Waals surface area contributed by atoms with Crippen molar-refractivity contribution in [1.82, 2.24) is 4.98 Å². The van der Waals surface area contributed by atoms with Crippen molar-refractivity contribution in [2.24, 2.45) is 5.73 Å². The van der Waals surface area contributed by atoms with Gasteiger partial charge in [-0.05, 0) is 36.8 Å². The largest absolute Gasteiger partial charge is 0.389 e. The molecular formula is C13H13N3O2S2. The number of nitrogens with one attached hydrogen (secondary N) is 1. The molecule has 0 fully saturated rings. The number of aromatic nitrogens is 1. The molecule has 1 aromatic carbocycles. The number of rotatable bonds is 4. The van der Waals surface area contributed by atoms with Gasteiger partial charge in [-0.3, -0.25) is 9.71 Å². The van der Waals surface area contributed by atoms with Crippen molar-refractivity contribution in [2.75, 3.05) is 4.72 Å². The summed E-state index contributed by atoms with van der Waals surface area (Å²) in [5.41, 5.74) is 7.34.